The third-order valence-electron chi connectivity index (χ3n) is 3.75. The fraction of sp³-hybridized carbons (Fsp3) is 0.333. The Balaban J connectivity index is 2.19. The summed E-state index contributed by atoms with van der Waals surface area (Å²) in [6.07, 6.45) is 0.207. The van der Waals surface area contributed by atoms with Gasteiger partial charge in [-0.05, 0) is 24.6 Å². The summed E-state index contributed by atoms with van der Waals surface area (Å²) in [6, 6.07) is 5.28. The monoisotopic (exact) mass is 376 g/mol. The van der Waals surface area contributed by atoms with Crippen LogP contribution in [0.5, 0.6) is 0 Å². The number of benzene rings is 1. The van der Waals surface area contributed by atoms with Crippen molar-refractivity contribution in [1.82, 2.24) is 20.6 Å². The molecule has 144 valence electrons. The van der Waals surface area contributed by atoms with E-state index in [2.05, 4.69) is 20.6 Å². The first-order valence-corrected chi connectivity index (χ1v) is 8.32. The summed E-state index contributed by atoms with van der Waals surface area (Å²) < 4.78 is 12.9. The molecule has 8 nitrogen and oxygen atoms in total. The number of nitrogens with zero attached hydrogens (tertiary/aromatic N) is 1. The van der Waals surface area contributed by atoms with Crippen LogP contribution >= 0.6 is 0 Å². The van der Waals surface area contributed by atoms with Gasteiger partial charge in [0.2, 0.25) is 5.91 Å². The number of amides is 2. The fourth-order valence-corrected chi connectivity index (χ4v) is 2.53. The van der Waals surface area contributed by atoms with Gasteiger partial charge in [-0.25, -0.2) is 9.37 Å². The van der Waals surface area contributed by atoms with Gasteiger partial charge in [0.1, 0.15) is 17.3 Å². The van der Waals surface area contributed by atoms with Crippen LogP contribution in [-0.4, -0.2) is 32.9 Å². The Bertz CT molecular complexity index is 880. The number of aliphatic hydroxyl groups is 1. The standard InChI is InChI=1S/C18H21FN4O4/c1-10(21-11(2)25)7-15-22-16(14(9-24)17(26)23-15)18(27)20-8-12-3-5-13(19)6-4-12/h3-6,10,24H,7-9H2,1-2H3,(H,20,27)(H,21,25)(H,22,23,26). The number of carbonyl (C=O) groups excluding carboxylic acids is 2. The number of hydrogen-bond acceptors (Lipinski definition) is 5. The van der Waals surface area contributed by atoms with Gasteiger partial charge in [-0.3, -0.25) is 14.4 Å². The molecule has 0 saturated carbocycles. The summed E-state index contributed by atoms with van der Waals surface area (Å²) in [5.74, 6) is -1.04. The SMILES string of the molecule is CC(=O)NC(C)Cc1nc(C(=O)NCc2ccc(F)cc2)c(CO)c(=O)[nH]1. The van der Waals surface area contributed by atoms with Crippen molar-refractivity contribution in [3.05, 3.63) is 63.1 Å². The van der Waals surface area contributed by atoms with Crippen molar-refractivity contribution in [1.29, 1.82) is 0 Å². The number of hydrogen-bond donors (Lipinski definition) is 4. The highest BCUT2D eigenvalue weighted by Crippen LogP contribution is 2.06. The van der Waals surface area contributed by atoms with E-state index in [-0.39, 0.29) is 47.8 Å². The summed E-state index contributed by atoms with van der Waals surface area (Å²) in [4.78, 5) is 42.3. The fourth-order valence-electron chi connectivity index (χ4n) is 2.53. The normalized spacial score (nSPS) is 11.7. The Labute approximate surface area is 154 Å². The zero-order chi connectivity index (χ0) is 20.0. The first-order chi connectivity index (χ1) is 12.8. The first kappa shape index (κ1) is 20.2. The molecule has 0 spiro atoms. The van der Waals surface area contributed by atoms with E-state index in [1.807, 2.05) is 0 Å². The van der Waals surface area contributed by atoms with Gasteiger partial charge >= 0.3 is 0 Å². The molecule has 0 radical (unpaired) electrons. The Kier molecular flexibility index (Phi) is 6.78. The van der Waals surface area contributed by atoms with Crippen molar-refractivity contribution in [2.75, 3.05) is 0 Å². The summed E-state index contributed by atoms with van der Waals surface area (Å²) in [5.41, 5.74) is -0.292. The molecule has 0 saturated heterocycles. The number of carbonyl (C=O) groups is 2. The molecule has 2 amide bonds. The summed E-state index contributed by atoms with van der Waals surface area (Å²) in [7, 11) is 0. The topological polar surface area (TPSA) is 124 Å². The number of halogens is 1. The maximum atomic E-state index is 12.9. The van der Waals surface area contributed by atoms with Gasteiger partial charge in [0.25, 0.3) is 11.5 Å². The van der Waals surface area contributed by atoms with Crippen LogP contribution in [0.4, 0.5) is 4.39 Å². The van der Waals surface area contributed by atoms with Crippen LogP contribution < -0.4 is 16.2 Å². The van der Waals surface area contributed by atoms with Gasteiger partial charge in [0.05, 0.1) is 12.2 Å². The quantitative estimate of drug-likeness (QED) is 0.557. The third kappa shape index (κ3) is 5.71. The molecule has 1 heterocycles. The minimum atomic E-state index is -0.650. The lowest BCUT2D eigenvalue weighted by Gasteiger charge is -2.13. The number of aliphatic hydroxyl groups excluding tert-OH is 1. The molecule has 2 rings (SSSR count). The summed E-state index contributed by atoms with van der Waals surface area (Å²) >= 11 is 0. The Morgan fingerprint density at radius 1 is 1.30 bits per heavy atom. The molecular weight excluding hydrogens is 355 g/mol. The lowest BCUT2D eigenvalue weighted by molar-refractivity contribution is -0.119. The minimum Gasteiger partial charge on any atom is -0.391 e. The zero-order valence-corrected chi connectivity index (χ0v) is 15.0. The van der Waals surface area contributed by atoms with Crippen molar-refractivity contribution in [2.24, 2.45) is 0 Å². The molecule has 1 atom stereocenters. The molecular formula is C18H21FN4O4. The van der Waals surface area contributed by atoms with E-state index in [1.54, 1.807) is 6.92 Å². The van der Waals surface area contributed by atoms with E-state index < -0.39 is 18.1 Å². The maximum absolute atomic E-state index is 12.9. The van der Waals surface area contributed by atoms with Crippen LogP contribution in [0, 0.1) is 5.82 Å². The molecule has 9 heteroatoms. The molecule has 0 aliphatic heterocycles. The van der Waals surface area contributed by atoms with Crippen molar-refractivity contribution in [3.8, 4) is 0 Å². The lowest BCUT2D eigenvalue weighted by atomic mass is 10.1. The highest BCUT2D eigenvalue weighted by atomic mass is 19.1. The third-order valence-corrected chi connectivity index (χ3v) is 3.75. The lowest BCUT2D eigenvalue weighted by Crippen LogP contribution is -2.35. The van der Waals surface area contributed by atoms with Crippen LogP contribution in [0.15, 0.2) is 29.1 Å². The molecule has 4 N–H and O–H groups in total. The van der Waals surface area contributed by atoms with E-state index in [9.17, 15) is 23.9 Å². The molecule has 1 aromatic carbocycles. The van der Waals surface area contributed by atoms with E-state index >= 15 is 0 Å². The molecule has 1 unspecified atom stereocenters. The van der Waals surface area contributed by atoms with Crippen molar-refractivity contribution in [2.45, 2.75) is 39.5 Å². The van der Waals surface area contributed by atoms with Crippen molar-refractivity contribution in [3.63, 3.8) is 0 Å². The summed E-state index contributed by atoms with van der Waals surface area (Å²) in [6.45, 7) is 2.56. The summed E-state index contributed by atoms with van der Waals surface area (Å²) in [5, 5.41) is 14.7. The van der Waals surface area contributed by atoms with Gasteiger partial charge in [-0.15, -0.1) is 0 Å². The molecule has 0 aliphatic rings. The number of H-pyrrole nitrogens is 1. The van der Waals surface area contributed by atoms with Gasteiger partial charge in [0, 0.05) is 25.9 Å². The van der Waals surface area contributed by atoms with Crippen LogP contribution in [0.2, 0.25) is 0 Å². The Hall–Kier alpha value is -3.07. The average Bonchev–Trinajstić information content (AvgIpc) is 2.59. The van der Waals surface area contributed by atoms with Gasteiger partial charge in [0.15, 0.2) is 0 Å². The molecule has 2 aromatic rings. The molecule has 27 heavy (non-hydrogen) atoms. The predicted molar refractivity (Wildman–Crippen MR) is 95.3 cm³/mol. The minimum absolute atomic E-state index is 0.107. The Morgan fingerprint density at radius 3 is 2.56 bits per heavy atom. The highest BCUT2D eigenvalue weighted by Gasteiger charge is 2.19. The van der Waals surface area contributed by atoms with Crippen LogP contribution in [0.25, 0.3) is 0 Å². The molecule has 0 fully saturated rings. The van der Waals surface area contributed by atoms with Crippen molar-refractivity contribution < 1.29 is 19.1 Å². The second-order valence-corrected chi connectivity index (χ2v) is 6.11. The zero-order valence-electron chi connectivity index (χ0n) is 15.0. The molecule has 0 aliphatic carbocycles. The molecule has 0 bridgehead atoms. The van der Waals surface area contributed by atoms with E-state index in [1.165, 1.54) is 31.2 Å². The number of aromatic nitrogens is 2. The highest BCUT2D eigenvalue weighted by molar-refractivity contribution is 5.93. The van der Waals surface area contributed by atoms with Crippen LogP contribution in [-0.2, 0) is 24.4 Å². The number of nitrogens with one attached hydrogen (secondary N) is 3. The number of rotatable bonds is 7. The first-order valence-electron chi connectivity index (χ1n) is 8.32. The van der Waals surface area contributed by atoms with E-state index in [0.717, 1.165) is 0 Å². The largest absolute Gasteiger partial charge is 0.391 e. The van der Waals surface area contributed by atoms with Crippen LogP contribution in [0.1, 0.15) is 41.3 Å². The van der Waals surface area contributed by atoms with Gasteiger partial charge in [-0.1, -0.05) is 12.1 Å². The second kappa shape index (κ2) is 9.04. The number of aromatic amines is 1. The van der Waals surface area contributed by atoms with Crippen molar-refractivity contribution >= 4 is 11.8 Å². The second-order valence-electron chi connectivity index (χ2n) is 6.11. The van der Waals surface area contributed by atoms with Gasteiger partial charge < -0.3 is 20.7 Å². The van der Waals surface area contributed by atoms with Gasteiger partial charge in [-0.2, -0.15) is 0 Å². The molecule has 1 aromatic heterocycles. The van der Waals surface area contributed by atoms with Crippen LogP contribution in [0.3, 0.4) is 0 Å². The smallest absolute Gasteiger partial charge is 0.270 e. The maximum Gasteiger partial charge on any atom is 0.270 e. The predicted octanol–water partition coefficient (Wildman–Crippen LogP) is 0.398. The van der Waals surface area contributed by atoms with E-state index in [4.69, 9.17) is 0 Å². The Morgan fingerprint density at radius 2 is 1.96 bits per heavy atom. The van der Waals surface area contributed by atoms with E-state index in [0.29, 0.717) is 5.56 Å². The average molecular weight is 376 g/mol.